The Morgan fingerprint density at radius 1 is 1.47 bits per heavy atom. The van der Waals surface area contributed by atoms with Gasteiger partial charge in [0.05, 0.1) is 19.3 Å². The smallest absolute Gasteiger partial charge is 0.407 e. The predicted molar refractivity (Wildman–Crippen MR) is 57.0 cm³/mol. The summed E-state index contributed by atoms with van der Waals surface area (Å²) in [6.45, 7) is 7.96. The topological polar surface area (TPSA) is 70.0 Å². The quantitative estimate of drug-likeness (QED) is 0.681. The van der Waals surface area contributed by atoms with Crippen molar-refractivity contribution in [2.24, 2.45) is 0 Å². The van der Waals surface area contributed by atoms with Gasteiger partial charge in [-0.05, 0) is 27.7 Å². The molecule has 15 heavy (non-hydrogen) atoms. The van der Waals surface area contributed by atoms with E-state index in [4.69, 9.17) is 14.9 Å². The van der Waals surface area contributed by atoms with Gasteiger partial charge in [0.1, 0.15) is 0 Å². The average Bonchev–Trinajstić information content (AvgIpc) is 1.99. The highest BCUT2D eigenvalue weighted by Crippen LogP contribution is 2.12. The molecule has 5 heteroatoms. The van der Waals surface area contributed by atoms with Crippen molar-refractivity contribution in [1.82, 2.24) is 4.90 Å². The summed E-state index contributed by atoms with van der Waals surface area (Å²) in [5, 5.41) is 17.9. The summed E-state index contributed by atoms with van der Waals surface area (Å²) in [4.78, 5) is 12.2. The molecule has 0 saturated carbocycles. The van der Waals surface area contributed by atoms with E-state index in [1.165, 1.54) is 4.90 Å². The fraction of sp³-hybridized carbons (Fsp3) is 0.900. The van der Waals surface area contributed by atoms with E-state index in [1.54, 1.807) is 6.92 Å². The van der Waals surface area contributed by atoms with Crippen LogP contribution < -0.4 is 0 Å². The van der Waals surface area contributed by atoms with Gasteiger partial charge in [-0.1, -0.05) is 0 Å². The van der Waals surface area contributed by atoms with Gasteiger partial charge in [0.25, 0.3) is 0 Å². The Hall–Kier alpha value is -0.810. The van der Waals surface area contributed by atoms with Crippen LogP contribution in [0, 0.1) is 0 Å². The zero-order valence-electron chi connectivity index (χ0n) is 9.86. The maximum Gasteiger partial charge on any atom is 0.407 e. The van der Waals surface area contributed by atoms with Crippen LogP contribution in [0.5, 0.6) is 0 Å². The van der Waals surface area contributed by atoms with E-state index in [0.717, 1.165) is 0 Å². The van der Waals surface area contributed by atoms with Crippen molar-refractivity contribution in [2.45, 2.75) is 39.3 Å². The van der Waals surface area contributed by atoms with Crippen molar-refractivity contribution < 1.29 is 19.7 Å². The van der Waals surface area contributed by atoms with Crippen LogP contribution >= 0.6 is 0 Å². The lowest BCUT2D eigenvalue weighted by Crippen LogP contribution is -2.46. The summed E-state index contributed by atoms with van der Waals surface area (Å²) >= 11 is 0. The number of aliphatic hydroxyl groups excluding tert-OH is 1. The molecular formula is C10H21NO4. The molecule has 5 nitrogen and oxygen atoms in total. The van der Waals surface area contributed by atoms with Crippen molar-refractivity contribution in [2.75, 3.05) is 19.8 Å². The molecule has 0 aliphatic rings. The first kappa shape index (κ1) is 14.2. The van der Waals surface area contributed by atoms with Crippen LogP contribution in [0.1, 0.15) is 27.7 Å². The minimum atomic E-state index is -0.955. The molecule has 0 rings (SSSR count). The molecule has 0 radical (unpaired) electrons. The molecule has 1 unspecified atom stereocenters. The molecule has 0 bridgehead atoms. The van der Waals surface area contributed by atoms with Gasteiger partial charge in [0.2, 0.25) is 0 Å². The molecule has 0 aliphatic carbocycles. The van der Waals surface area contributed by atoms with Crippen LogP contribution in [0.4, 0.5) is 4.79 Å². The zero-order chi connectivity index (χ0) is 12.1. The van der Waals surface area contributed by atoms with Gasteiger partial charge in [0.15, 0.2) is 0 Å². The SMILES string of the molecule is CC(O)COCCN(C(=O)O)C(C)(C)C. The van der Waals surface area contributed by atoms with Crippen LogP contribution in [0.25, 0.3) is 0 Å². The van der Waals surface area contributed by atoms with E-state index >= 15 is 0 Å². The number of hydrogen-bond donors (Lipinski definition) is 2. The van der Waals surface area contributed by atoms with E-state index in [0.29, 0.717) is 13.2 Å². The first-order chi connectivity index (χ1) is 6.75. The first-order valence-corrected chi connectivity index (χ1v) is 5.01. The summed E-state index contributed by atoms with van der Waals surface area (Å²) in [6, 6.07) is 0. The van der Waals surface area contributed by atoms with Gasteiger partial charge < -0.3 is 19.8 Å². The molecular weight excluding hydrogens is 198 g/mol. The zero-order valence-corrected chi connectivity index (χ0v) is 9.86. The van der Waals surface area contributed by atoms with Crippen molar-refractivity contribution >= 4 is 6.09 Å². The molecule has 0 saturated heterocycles. The summed E-state index contributed by atoms with van der Waals surface area (Å²) in [5.41, 5.74) is -0.431. The average molecular weight is 219 g/mol. The molecule has 90 valence electrons. The Kier molecular flexibility index (Phi) is 5.60. The Morgan fingerprint density at radius 3 is 2.33 bits per heavy atom. The normalized spacial score (nSPS) is 13.7. The van der Waals surface area contributed by atoms with E-state index < -0.39 is 17.7 Å². The van der Waals surface area contributed by atoms with E-state index in [1.807, 2.05) is 20.8 Å². The van der Waals surface area contributed by atoms with Gasteiger partial charge in [-0.15, -0.1) is 0 Å². The van der Waals surface area contributed by atoms with E-state index in [9.17, 15) is 4.79 Å². The van der Waals surface area contributed by atoms with Crippen molar-refractivity contribution in [1.29, 1.82) is 0 Å². The second-order valence-corrected chi connectivity index (χ2v) is 4.53. The lowest BCUT2D eigenvalue weighted by Gasteiger charge is -2.33. The summed E-state index contributed by atoms with van der Waals surface area (Å²) in [5.74, 6) is 0. The van der Waals surface area contributed by atoms with Crippen LogP contribution in [0.2, 0.25) is 0 Å². The van der Waals surface area contributed by atoms with Gasteiger partial charge in [-0.25, -0.2) is 4.79 Å². The third kappa shape index (κ3) is 6.30. The number of amides is 1. The van der Waals surface area contributed by atoms with Crippen LogP contribution in [0.3, 0.4) is 0 Å². The summed E-state index contributed by atoms with van der Waals surface area (Å²) in [7, 11) is 0. The number of carbonyl (C=O) groups is 1. The Labute approximate surface area is 90.6 Å². The largest absolute Gasteiger partial charge is 0.465 e. The number of rotatable bonds is 5. The van der Waals surface area contributed by atoms with Gasteiger partial charge in [-0.3, -0.25) is 0 Å². The number of nitrogens with zero attached hydrogens (tertiary/aromatic N) is 1. The molecule has 1 amide bonds. The third-order valence-electron chi connectivity index (χ3n) is 1.86. The molecule has 2 N–H and O–H groups in total. The number of carboxylic acid groups (broad SMARTS) is 1. The van der Waals surface area contributed by atoms with E-state index in [2.05, 4.69) is 0 Å². The minimum Gasteiger partial charge on any atom is -0.465 e. The second kappa shape index (κ2) is 5.92. The molecule has 0 aliphatic heterocycles. The minimum absolute atomic E-state index is 0.234. The molecule has 0 heterocycles. The van der Waals surface area contributed by atoms with Crippen molar-refractivity contribution in [3.63, 3.8) is 0 Å². The highest BCUT2D eigenvalue weighted by atomic mass is 16.5. The Bertz CT molecular complexity index is 198. The molecule has 0 fully saturated rings. The van der Waals surface area contributed by atoms with Crippen molar-refractivity contribution in [3.05, 3.63) is 0 Å². The fourth-order valence-electron chi connectivity index (χ4n) is 1.13. The van der Waals surface area contributed by atoms with Gasteiger partial charge >= 0.3 is 6.09 Å². The molecule has 0 aromatic carbocycles. The molecule has 0 aromatic rings. The van der Waals surface area contributed by atoms with Gasteiger partial charge in [0, 0.05) is 12.1 Å². The van der Waals surface area contributed by atoms with Crippen LogP contribution in [-0.2, 0) is 4.74 Å². The third-order valence-corrected chi connectivity index (χ3v) is 1.86. The van der Waals surface area contributed by atoms with Crippen LogP contribution in [-0.4, -0.2) is 52.6 Å². The lowest BCUT2D eigenvalue weighted by molar-refractivity contribution is 0.0238. The molecule has 0 aromatic heterocycles. The monoisotopic (exact) mass is 219 g/mol. The molecule has 1 atom stereocenters. The highest BCUT2D eigenvalue weighted by Gasteiger charge is 2.25. The highest BCUT2D eigenvalue weighted by molar-refractivity contribution is 5.65. The standard InChI is InChI=1S/C10H21NO4/c1-8(12)7-15-6-5-11(9(13)14)10(2,3)4/h8,12H,5-7H2,1-4H3,(H,13,14). The maximum atomic E-state index is 10.9. The van der Waals surface area contributed by atoms with Crippen molar-refractivity contribution in [3.8, 4) is 0 Å². The fourth-order valence-corrected chi connectivity index (χ4v) is 1.13. The number of hydrogen-bond acceptors (Lipinski definition) is 3. The predicted octanol–water partition coefficient (Wildman–Crippen LogP) is 1.16. The maximum absolute atomic E-state index is 10.9. The lowest BCUT2D eigenvalue weighted by atomic mass is 10.1. The second-order valence-electron chi connectivity index (χ2n) is 4.53. The number of ether oxygens (including phenoxy) is 1. The van der Waals surface area contributed by atoms with E-state index in [-0.39, 0.29) is 6.61 Å². The molecule has 0 spiro atoms. The van der Waals surface area contributed by atoms with Gasteiger partial charge in [-0.2, -0.15) is 0 Å². The Morgan fingerprint density at radius 2 is 2.00 bits per heavy atom. The first-order valence-electron chi connectivity index (χ1n) is 5.01. The van der Waals surface area contributed by atoms with Crippen LogP contribution in [0.15, 0.2) is 0 Å². The summed E-state index contributed by atoms with van der Waals surface area (Å²) in [6.07, 6.45) is -1.47. The Balaban J connectivity index is 3.94. The summed E-state index contributed by atoms with van der Waals surface area (Å²) < 4.78 is 5.12. The number of aliphatic hydroxyl groups is 1.